The van der Waals surface area contributed by atoms with E-state index in [1.807, 2.05) is 30.3 Å². The lowest BCUT2D eigenvalue weighted by Crippen LogP contribution is -1.98. The lowest BCUT2D eigenvalue weighted by Gasteiger charge is -2.06. The van der Waals surface area contributed by atoms with Gasteiger partial charge in [-0.25, -0.2) is 0 Å². The largest absolute Gasteiger partial charge is 0.493 e. The van der Waals surface area contributed by atoms with Crippen molar-refractivity contribution >= 4 is 12.2 Å². The highest BCUT2D eigenvalue weighted by Crippen LogP contribution is 2.19. The van der Waals surface area contributed by atoms with Crippen LogP contribution in [-0.4, -0.2) is 14.2 Å². The molecule has 23 heavy (non-hydrogen) atoms. The van der Waals surface area contributed by atoms with Crippen LogP contribution in [0.4, 0.5) is 0 Å². The van der Waals surface area contributed by atoms with Gasteiger partial charge in [0.15, 0.2) is 4.77 Å². The Morgan fingerprint density at radius 3 is 2.30 bits per heavy atom. The third-order valence-corrected chi connectivity index (χ3v) is 4.15. The molecule has 0 aliphatic carbocycles. The minimum absolute atomic E-state index is 0.142. The first-order chi connectivity index (χ1) is 11.2. The molecule has 0 saturated heterocycles. The first-order valence-electron chi connectivity index (χ1n) is 7.44. The first-order valence-corrected chi connectivity index (χ1v) is 7.85. The average Bonchev–Trinajstić information content (AvgIpc) is 2.85. The molecule has 4 heteroatoms. The lowest BCUT2D eigenvalue weighted by atomic mass is 10.0. The van der Waals surface area contributed by atoms with Crippen LogP contribution in [0.1, 0.15) is 11.1 Å². The second-order valence-electron chi connectivity index (χ2n) is 5.37. The second-order valence-corrected chi connectivity index (χ2v) is 5.73. The fraction of sp³-hybridized carbons (Fsp3) is 0.105. The third-order valence-electron chi connectivity index (χ3n) is 3.74. The molecule has 0 atom stereocenters. The van der Waals surface area contributed by atoms with E-state index in [0.717, 1.165) is 12.1 Å². The number of aromatic hydroxyl groups is 1. The molecule has 3 nitrogen and oxygen atoms in total. The Morgan fingerprint density at radius 2 is 1.65 bits per heavy atom. The van der Waals surface area contributed by atoms with Crippen LogP contribution < -0.4 is 0 Å². The minimum atomic E-state index is 0.142. The second kappa shape index (κ2) is 6.67. The number of hydrogen-bond donors (Lipinski definition) is 1. The summed E-state index contributed by atoms with van der Waals surface area (Å²) < 4.78 is 4.00. The number of aromatic nitrogens is 2. The predicted octanol–water partition coefficient (Wildman–Crippen LogP) is 4.49. The van der Waals surface area contributed by atoms with Gasteiger partial charge < -0.3 is 5.11 Å². The Kier molecular flexibility index (Phi) is 4.44. The summed E-state index contributed by atoms with van der Waals surface area (Å²) in [5.41, 5.74) is 3.46. The number of rotatable bonds is 5. The SMILES string of the molecule is C=CCn1c(O)cn(-c2ccc(Cc3ccccc3)cc2)c1=S. The molecule has 1 N–H and O–H groups in total. The molecule has 1 heterocycles. The Hall–Kier alpha value is -2.59. The molecular formula is C19H18N2OS. The predicted molar refractivity (Wildman–Crippen MR) is 95.7 cm³/mol. The zero-order chi connectivity index (χ0) is 16.2. The van der Waals surface area contributed by atoms with Gasteiger partial charge in [0.25, 0.3) is 0 Å². The summed E-state index contributed by atoms with van der Waals surface area (Å²) in [4.78, 5) is 0. The summed E-state index contributed by atoms with van der Waals surface area (Å²) in [7, 11) is 0. The van der Waals surface area contributed by atoms with Gasteiger partial charge in [0.1, 0.15) is 0 Å². The van der Waals surface area contributed by atoms with E-state index in [1.54, 1.807) is 21.4 Å². The van der Waals surface area contributed by atoms with Crippen molar-refractivity contribution in [3.8, 4) is 11.6 Å². The van der Waals surface area contributed by atoms with Gasteiger partial charge >= 0.3 is 0 Å². The van der Waals surface area contributed by atoms with Gasteiger partial charge in [-0.05, 0) is 41.9 Å². The fourth-order valence-corrected chi connectivity index (χ4v) is 2.89. The molecule has 2 aromatic carbocycles. The van der Waals surface area contributed by atoms with Gasteiger partial charge in [0.2, 0.25) is 5.88 Å². The normalized spacial score (nSPS) is 10.6. The van der Waals surface area contributed by atoms with Crippen molar-refractivity contribution in [2.75, 3.05) is 0 Å². The molecule has 0 aliphatic heterocycles. The monoisotopic (exact) mass is 322 g/mol. The van der Waals surface area contributed by atoms with E-state index in [0.29, 0.717) is 11.3 Å². The van der Waals surface area contributed by atoms with E-state index < -0.39 is 0 Å². The van der Waals surface area contributed by atoms with Crippen molar-refractivity contribution in [1.29, 1.82) is 0 Å². The van der Waals surface area contributed by atoms with Gasteiger partial charge in [-0.2, -0.15) is 0 Å². The number of hydrogen-bond acceptors (Lipinski definition) is 2. The van der Waals surface area contributed by atoms with E-state index in [9.17, 15) is 5.11 Å². The zero-order valence-electron chi connectivity index (χ0n) is 12.7. The van der Waals surface area contributed by atoms with Crippen LogP contribution >= 0.6 is 12.2 Å². The van der Waals surface area contributed by atoms with Gasteiger partial charge in [-0.15, -0.1) is 6.58 Å². The molecular weight excluding hydrogens is 304 g/mol. The van der Waals surface area contributed by atoms with Crippen LogP contribution in [0, 0.1) is 4.77 Å². The van der Waals surface area contributed by atoms with Crippen molar-refractivity contribution in [2.45, 2.75) is 13.0 Å². The van der Waals surface area contributed by atoms with Crippen LogP contribution in [0.3, 0.4) is 0 Å². The Bertz CT molecular complexity index is 861. The number of nitrogens with zero attached hydrogens (tertiary/aromatic N) is 2. The van der Waals surface area contributed by atoms with Crippen molar-refractivity contribution in [3.63, 3.8) is 0 Å². The smallest absolute Gasteiger partial charge is 0.210 e. The molecule has 3 rings (SSSR count). The van der Waals surface area contributed by atoms with Crippen LogP contribution in [-0.2, 0) is 13.0 Å². The Morgan fingerprint density at radius 1 is 1.00 bits per heavy atom. The molecule has 0 aliphatic rings. The zero-order valence-corrected chi connectivity index (χ0v) is 13.5. The quantitative estimate of drug-likeness (QED) is 0.554. The van der Waals surface area contributed by atoms with Crippen molar-refractivity contribution in [3.05, 3.63) is 89.3 Å². The van der Waals surface area contributed by atoms with E-state index >= 15 is 0 Å². The molecule has 0 bridgehead atoms. The molecule has 1 aromatic heterocycles. The van der Waals surface area contributed by atoms with E-state index in [1.165, 1.54) is 11.1 Å². The molecule has 116 valence electrons. The van der Waals surface area contributed by atoms with Crippen molar-refractivity contribution in [2.24, 2.45) is 0 Å². The fourth-order valence-electron chi connectivity index (χ4n) is 2.56. The maximum absolute atomic E-state index is 9.98. The first kappa shape index (κ1) is 15.3. The van der Waals surface area contributed by atoms with Gasteiger partial charge in [-0.3, -0.25) is 9.13 Å². The summed E-state index contributed by atoms with van der Waals surface area (Å²) in [6.07, 6.45) is 4.25. The highest BCUT2D eigenvalue weighted by Gasteiger charge is 2.07. The molecule has 0 unspecified atom stereocenters. The Labute approximate surface area is 140 Å². The van der Waals surface area contributed by atoms with Crippen LogP contribution in [0.5, 0.6) is 5.88 Å². The van der Waals surface area contributed by atoms with Gasteiger partial charge in [0, 0.05) is 12.2 Å². The summed E-state index contributed by atoms with van der Waals surface area (Å²) in [5, 5.41) is 9.98. The summed E-state index contributed by atoms with van der Waals surface area (Å²) in [6.45, 7) is 4.17. The standard InChI is InChI=1S/C19H18N2OS/c1-2-12-20-18(22)14-21(19(20)23)17-10-8-16(9-11-17)13-15-6-4-3-5-7-15/h2-11,14,22H,1,12-13H2. The topological polar surface area (TPSA) is 30.1 Å². The van der Waals surface area contributed by atoms with Crippen LogP contribution in [0.15, 0.2) is 73.4 Å². The molecule has 0 radical (unpaired) electrons. The van der Waals surface area contributed by atoms with Gasteiger partial charge in [-0.1, -0.05) is 48.5 Å². The molecule has 0 spiro atoms. The highest BCUT2D eigenvalue weighted by atomic mass is 32.1. The number of benzene rings is 2. The van der Waals surface area contributed by atoms with E-state index in [4.69, 9.17) is 12.2 Å². The number of imidazole rings is 1. The number of allylic oxidation sites excluding steroid dienone is 1. The summed E-state index contributed by atoms with van der Waals surface area (Å²) >= 11 is 5.42. The molecule has 3 aromatic rings. The molecule has 0 amide bonds. The lowest BCUT2D eigenvalue weighted by molar-refractivity contribution is 0.425. The van der Waals surface area contributed by atoms with Gasteiger partial charge in [0.05, 0.1) is 6.20 Å². The molecule has 0 saturated carbocycles. The highest BCUT2D eigenvalue weighted by molar-refractivity contribution is 7.71. The van der Waals surface area contributed by atoms with Crippen LogP contribution in [0.2, 0.25) is 0 Å². The molecule has 0 fully saturated rings. The third kappa shape index (κ3) is 3.27. The maximum Gasteiger partial charge on any atom is 0.210 e. The van der Waals surface area contributed by atoms with Crippen molar-refractivity contribution in [1.82, 2.24) is 9.13 Å². The average molecular weight is 322 g/mol. The van der Waals surface area contributed by atoms with Crippen LogP contribution in [0.25, 0.3) is 5.69 Å². The van der Waals surface area contributed by atoms with E-state index in [2.05, 4.69) is 30.8 Å². The van der Waals surface area contributed by atoms with E-state index in [-0.39, 0.29) is 5.88 Å². The Balaban J connectivity index is 1.87. The van der Waals surface area contributed by atoms with Crippen molar-refractivity contribution < 1.29 is 5.11 Å². The minimum Gasteiger partial charge on any atom is -0.493 e. The maximum atomic E-state index is 9.98. The summed E-state index contributed by atoms with van der Waals surface area (Å²) in [6, 6.07) is 18.6. The summed E-state index contributed by atoms with van der Waals surface area (Å²) in [5.74, 6) is 0.142.